The average Bonchev–Trinajstić information content (AvgIpc) is 2.71. The summed E-state index contributed by atoms with van der Waals surface area (Å²) in [6, 6.07) is 5.56. The Morgan fingerprint density at radius 3 is 2.28 bits per heavy atom. The maximum Gasteiger partial charge on any atom is 0.355 e. The molecule has 10 heteroatoms. The molecule has 1 aromatic rings. The molecule has 156 valence electrons. The lowest BCUT2D eigenvalue weighted by Gasteiger charge is -2.31. The van der Waals surface area contributed by atoms with Gasteiger partial charge in [-0.2, -0.15) is 0 Å². The second-order valence-corrected chi connectivity index (χ2v) is 6.18. The molecule has 10 nitrogen and oxygen atoms in total. The molecule has 0 spiro atoms. The van der Waals surface area contributed by atoms with E-state index in [9.17, 15) is 24.3 Å². The topological polar surface area (TPSA) is 131 Å². The molecular weight excluding hydrogens is 384 g/mol. The summed E-state index contributed by atoms with van der Waals surface area (Å²) in [5, 5.41) is 11.6. The van der Waals surface area contributed by atoms with Crippen LogP contribution in [0.3, 0.4) is 0 Å². The van der Waals surface area contributed by atoms with Crippen LogP contribution in [0.2, 0.25) is 0 Å². The van der Waals surface area contributed by atoms with Crippen molar-refractivity contribution in [3.05, 3.63) is 41.1 Å². The number of esters is 2. The lowest BCUT2D eigenvalue weighted by atomic mass is 10.0. The average molecular weight is 406 g/mol. The molecule has 0 fully saturated rings. The largest absolute Gasteiger partial charge is 0.480 e. The van der Waals surface area contributed by atoms with Crippen molar-refractivity contribution in [1.82, 2.24) is 5.32 Å². The van der Waals surface area contributed by atoms with E-state index < -0.39 is 29.9 Å². The Bertz CT molecular complexity index is 831. The molecule has 1 unspecified atom stereocenters. The monoisotopic (exact) mass is 406 g/mol. The molecule has 29 heavy (non-hydrogen) atoms. The van der Waals surface area contributed by atoms with E-state index in [0.29, 0.717) is 11.3 Å². The van der Waals surface area contributed by atoms with Crippen molar-refractivity contribution in [3.63, 3.8) is 0 Å². The lowest BCUT2D eigenvalue weighted by Crippen LogP contribution is -2.41. The number of nitrogens with one attached hydrogen (secondary N) is 1. The maximum absolute atomic E-state index is 12.3. The van der Waals surface area contributed by atoms with Crippen molar-refractivity contribution in [3.8, 4) is 0 Å². The van der Waals surface area contributed by atoms with Gasteiger partial charge in [-0.1, -0.05) is 12.1 Å². The highest BCUT2D eigenvalue weighted by Crippen LogP contribution is 2.27. The molecule has 0 bridgehead atoms. The molecule has 1 aromatic carbocycles. The third-order valence-electron chi connectivity index (χ3n) is 4.20. The number of ether oxygens (including phenoxy) is 3. The third-order valence-corrected chi connectivity index (χ3v) is 4.20. The number of hydrogen-bond acceptors (Lipinski definition) is 8. The molecule has 1 aliphatic rings. The quantitative estimate of drug-likeness (QED) is 0.610. The van der Waals surface area contributed by atoms with Gasteiger partial charge in [-0.25, -0.2) is 14.4 Å². The number of nitrogens with zero attached hydrogens (tertiary/aromatic N) is 1. The zero-order chi connectivity index (χ0) is 21.6. The Hall–Kier alpha value is -3.40. The molecule has 1 amide bonds. The number of methoxy groups -OCH3 is 2. The van der Waals surface area contributed by atoms with Crippen LogP contribution in [0.5, 0.6) is 0 Å². The van der Waals surface area contributed by atoms with Crippen LogP contribution >= 0.6 is 0 Å². The van der Waals surface area contributed by atoms with Gasteiger partial charge in [-0.3, -0.25) is 4.79 Å². The normalized spacial score (nSPS) is 14.8. The van der Waals surface area contributed by atoms with Gasteiger partial charge < -0.3 is 29.5 Å². The van der Waals surface area contributed by atoms with E-state index in [1.54, 1.807) is 24.3 Å². The zero-order valence-electron chi connectivity index (χ0n) is 16.3. The van der Waals surface area contributed by atoms with Gasteiger partial charge in [0.05, 0.1) is 26.4 Å². The standard InChI is InChI=1S/C19H22N2O8/c1-11(22)20-15(17(23)24)8-12-4-6-13(7-5-12)21-10-29-9-14(18(25)27-2)16(21)19(26)28-3/h4-7,15H,8-10H2,1-3H3,(H,20,22)(H,23,24). The summed E-state index contributed by atoms with van der Waals surface area (Å²) in [4.78, 5) is 48.2. The van der Waals surface area contributed by atoms with Crippen LogP contribution in [0, 0.1) is 0 Å². The van der Waals surface area contributed by atoms with Crippen LogP contribution in [-0.2, 0) is 39.8 Å². The van der Waals surface area contributed by atoms with Crippen molar-refractivity contribution in [1.29, 1.82) is 0 Å². The molecule has 1 heterocycles. The fourth-order valence-corrected chi connectivity index (χ4v) is 2.84. The van der Waals surface area contributed by atoms with E-state index >= 15 is 0 Å². The highest BCUT2D eigenvalue weighted by atomic mass is 16.5. The number of anilines is 1. The number of carbonyl (C=O) groups is 4. The summed E-state index contributed by atoms with van der Waals surface area (Å²) in [5.41, 5.74) is 1.23. The van der Waals surface area contributed by atoms with Crippen LogP contribution in [0.25, 0.3) is 0 Å². The van der Waals surface area contributed by atoms with Crippen LogP contribution < -0.4 is 10.2 Å². The molecule has 1 atom stereocenters. The van der Waals surface area contributed by atoms with Gasteiger partial charge in [0.15, 0.2) is 0 Å². The fraction of sp³-hybridized carbons (Fsp3) is 0.368. The molecule has 0 saturated heterocycles. The van der Waals surface area contributed by atoms with E-state index in [4.69, 9.17) is 14.2 Å². The van der Waals surface area contributed by atoms with Crippen LogP contribution in [0.1, 0.15) is 12.5 Å². The van der Waals surface area contributed by atoms with Gasteiger partial charge in [0, 0.05) is 19.0 Å². The molecule has 0 radical (unpaired) electrons. The first-order chi connectivity index (χ1) is 13.8. The Morgan fingerprint density at radius 1 is 1.14 bits per heavy atom. The number of hydrogen-bond donors (Lipinski definition) is 2. The Kier molecular flexibility index (Phi) is 7.32. The van der Waals surface area contributed by atoms with Crippen LogP contribution in [0.4, 0.5) is 5.69 Å². The van der Waals surface area contributed by atoms with Gasteiger partial charge in [-0.15, -0.1) is 0 Å². The van der Waals surface area contributed by atoms with Crippen molar-refractivity contribution < 1.29 is 38.5 Å². The van der Waals surface area contributed by atoms with Crippen LogP contribution in [0.15, 0.2) is 35.5 Å². The van der Waals surface area contributed by atoms with Gasteiger partial charge in [0.25, 0.3) is 0 Å². The van der Waals surface area contributed by atoms with Crippen LogP contribution in [-0.4, -0.2) is 62.5 Å². The Labute approximate surface area is 167 Å². The first kappa shape index (κ1) is 21.9. The molecule has 2 N–H and O–H groups in total. The van der Waals surface area contributed by atoms with Crippen molar-refractivity contribution >= 4 is 29.5 Å². The minimum atomic E-state index is -1.15. The van der Waals surface area contributed by atoms with Gasteiger partial charge >= 0.3 is 17.9 Å². The zero-order valence-corrected chi connectivity index (χ0v) is 16.3. The number of carboxylic acids is 1. The number of benzene rings is 1. The molecule has 2 rings (SSSR count). The number of aliphatic carboxylic acids is 1. The predicted molar refractivity (Wildman–Crippen MR) is 99.7 cm³/mol. The van der Waals surface area contributed by atoms with E-state index in [1.807, 2.05) is 0 Å². The van der Waals surface area contributed by atoms with E-state index in [0.717, 1.165) is 0 Å². The highest BCUT2D eigenvalue weighted by molar-refractivity contribution is 6.03. The highest BCUT2D eigenvalue weighted by Gasteiger charge is 2.32. The Morgan fingerprint density at radius 2 is 1.76 bits per heavy atom. The number of rotatable bonds is 7. The second kappa shape index (κ2) is 9.69. The smallest absolute Gasteiger partial charge is 0.355 e. The van der Waals surface area contributed by atoms with Gasteiger partial charge in [-0.05, 0) is 17.7 Å². The summed E-state index contributed by atoms with van der Waals surface area (Å²) >= 11 is 0. The third kappa shape index (κ3) is 5.32. The van der Waals surface area contributed by atoms with Gasteiger partial charge in [0.1, 0.15) is 18.5 Å². The summed E-state index contributed by atoms with van der Waals surface area (Å²) < 4.78 is 14.9. The second-order valence-electron chi connectivity index (χ2n) is 6.18. The number of carbonyl (C=O) groups excluding carboxylic acids is 3. The fourth-order valence-electron chi connectivity index (χ4n) is 2.84. The minimum Gasteiger partial charge on any atom is -0.480 e. The van der Waals surface area contributed by atoms with E-state index in [2.05, 4.69) is 5.32 Å². The SMILES string of the molecule is COC(=O)C1=C(C(=O)OC)N(c2ccc(CC(NC(C)=O)C(=O)O)cc2)COC1. The van der Waals surface area contributed by atoms with Gasteiger partial charge in [0.2, 0.25) is 5.91 Å². The van der Waals surface area contributed by atoms with E-state index in [1.165, 1.54) is 26.0 Å². The summed E-state index contributed by atoms with van der Waals surface area (Å²) in [5.74, 6) is -3.00. The molecule has 0 aliphatic carbocycles. The molecular formula is C19H22N2O8. The number of amides is 1. The summed E-state index contributed by atoms with van der Waals surface area (Å²) in [6.45, 7) is 1.16. The summed E-state index contributed by atoms with van der Waals surface area (Å²) in [6.07, 6.45) is 0.0821. The summed E-state index contributed by atoms with van der Waals surface area (Å²) in [7, 11) is 2.40. The first-order valence-electron chi connectivity index (χ1n) is 8.62. The molecule has 0 aromatic heterocycles. The maximum atomic E-state index is 12.3. The lowest BCUT2D eigenvalue weighted by molar-refractivity contribution is -0.141. The number of carboxylic acid groups (broad SMARTS) is 1. The van der Waals surface area contributed by atoms with Crippen molar-refractivity contribution in [2.45, 2.75) is 19.4 Å². The van der Waals surface area contributed by atoms with Crippen molar-refractivity contribution in [2.75, 3.05) is 32.5 Å². The molecule has 1 aliphatic heterocycles. The van der Waals surface area contributed by atoms with Crippen molar-refractivity contribution in [2.24, 2.45) is 0 Å². The van der Waals surface area contributed by atoms with E-state index in [-0.39, 0.29) is 31.0 Å². The predicted octanol–water partition coefficient (Wildman–Crippen LogP) is 0.213. The minimum absolute atomic E-state index is 0.00785. The Balaban J connectivity index is 2.31. The molecule has 0 saturated carbocycles. The first-order valence-corrected chi connectivity index (χ1v) is 8.62.